The summed E-state index contributed by atoms with van der Waals surface area (Å²) in [6, 6.07) is 0. The van der Waals surface area contributed by atoms with Crippen molar-refractivity contribution in [3.63, 3.8) is 0 Å². The van der Waals surface area contributed by atoms with E-state index in [4.69, 9.17) is 15.6 Å². The summed E-state index contributed by atoms with van der Waals surface area (Å²) in [6.07, 6.45) is 3.99. The van der Waals surface area contributed by atoms with Crippen LogP contribution >= 0.6 is 0 Å². The van der Waals surface area contributed by atoms with Gasteiger partial charge in [0.05, 0.1) is 6.61 Å². The third-order valence-electron chi connectivity index (χ3n) is 2.87. The van der Waals surface area contributed by atoms with Gasteiger partial charge in [0.15, 0.2) is 0 Å². The lowest BCUT2D eigenvalue weighted by molar-refractivity contribution is -0.148. The number of ether oxygens (including phenoxy) is 1. The van der Waals surface area contributed by atoms with Gasteiger partial charge in [0.1, 0.15) is 5.54 Å². The van der Waals surface area contributed by atoms with Gasteiger partial charge in [0.2, 0.25) is 0 Å². The molecule has 4 heteroatoms. The van der Waals surface area contributed by atoms with Crippen LogP contribution in [0.3, 0.4) is 0 Å². The highest BCUT2D eigenvalue weighted by Gasteiger charge is 2.43. The molecule has 0 heterocycles. The molecule has 1 unspecified atom stereocenters. The summed E-state index contributed by atoms with van der Waals surface area (Å²) in [5.74, 6) is -0.869. The summed E-state index contributed by atoms with van der Waals surface area (Å²) in [5, 5.41) is 9.02. The molecule has 1 rings (SSSR count). The molecule has 0 spiro atoms. The summed E-state index contributed by atoms with van der Waals surface area (Å²) in [6.45, 7) is 0.104. The van der Waals surface area contributed by atoms with Crippen LogP contribution in [0.2, 0.25) is 0 Å². The zero-order valence-corrected chi connectivity index (χ0v) is 7.95. The predicted octanol–water partition coefficient (Wildman–Crippen LogP) is 0.605. The van der Waals surface area contributed by atoms with Crippen molar-refractivity contribution >= 4 is 5.97 Å². The Hall–Kier alpha value is -0.610. The molecule has 3 N–H and O–H groups in total. The number of hydrogen-bond donors (Lipinski definition) is 2. The van der Waals surface area contributed by atoms with Gasteiger partial charge in [-0.2, -0.15) is 0 Å². The normalized spacial score (nSPS) is 22.9. The van der Waals surface area contributed by atoms with Crippen molar-refractivity contribution in [2.24, 2.45) is 11.7 Å². The van der Waals surface area contributed by atoms with Crippen LogP contribution < -0.4 is 5.73 Å². The highest BCUT2D eigenvalue weighted by atomic mass is 16.5. The largest absolute Gasteiger partial charge is 0.480 e. The summed E-state index contributed by atoms with van der Waals surface area (Å²) in [5.41, 5.74) is 4.66. The van der Waals surface area contributed by atoms with E-state index >= 15 is 0 Å². The molecular formula is C9H17NO3. The number of hydrogen-bond acceptors (Lipinski definition) is 3. The third kappa shape index (κ3) is 2.00. The lowest BCUT2D eigenvalue weighted by Gasteiger charge is -2.30. The molecule has 4 nitrogen and oxygen atoms in total. The van der Waals surface area contributed by atoms with Crippen LogP contribution in [0.15, 0.2) is 0 Å². The molecule has 1 saturated carbocycles. The maximum absolute atomic E-state index is 11.0. The van der Waals surface area contributed by atoms with E-state index in [1.54, 1.807) is 0 Å². The van der Waals surface area contributed by atoms with Gasteiger partial charge in [0.25, 0.3) is 0 Å². The monoisotopic (exact) mass is 187 g/mol. The van der Waals surface area contributed by atoms with E-state index in [0.717, 1.165) is 25.7 Å². The maximum Gasteiger partial charge on any atom is 0.326 e. The molecule has 1 aliphatic rings. The molecule has 0 amide bonds. The summed E-state index contributed by atoms with van der Waals surface area (Å²) < 4.78 is 4.87. The molecule has 0 bridgehead atoms. The Morgan fingerprint density at radius 3 is 2.54 bits per heavy atom. The molecule has 0 saturated heterocycles. The number of nitrogens with two attached hydrogens (primary N) is 1. The molecular weight excluding hydrogens is 170 g/mol. The Bertz CT molecular complexity index is 189. The molecule has 76 valence electrons. The van der Waals surface area contributed by atoms with Crippen LogP contribution in [0, 0.1) is 5.92 Å². The summed E-state index contributed by atoms with van der Waals surface area (Å²) in [4.78, 5) is 11.0. The first-order valence-electron chi connectivity index (χ1n) is 4.62. The van der Waals surface area contributed by atoms with E-state index in [1.165, 1.54) is 7.11 Å². The lowest BCUT2D eigenvalue weighted by Crippen LogP contribution is -2.56. The quantitative estimate of drug-likeness (QED) is 0.676. The Labute approximate surface area is 78.1 Å². The second-order valence-electron chi connectivity index (χ2n) is 3.76. The van der Waals surface area contributed by atoms with E-state index in [9.17, 15) is 4.79 Å². The van der Waals surface area contributed by atoms with Crippen LogP contribution in [0.1, 0.15) is 25.7 Å². The van der Waals surface area contributed by atoms with Crippen molar-refractivity contribution in [3.8, 4) is 0 Å². The second-order valence-corrected chi connectivity index (χ2v) is 3.76. The van der Waals surface area contributed by atoms with Crippen molar-refractivity contribution in [1.82, 2.24) is 0 Å². The molecule has 1 atom stereocenters. The highest BCUT2D eigenvalue weighted by Crippen LogP contribution is 2.33. The number of aliphatic carboxylic acids is 1. The predicted molar refractivity (Wildman–Crippen MR) is 48.4 cm³/mol. The summed E-state index contributed by atoms with van der Waals surface area (Å²) in [7, 11) is 1.49. The van der Waals surface area contributed by atoms with E-state index in [2.05, 4.69) is 0 Å². The Morgan fingerprint density at radius 2 is 2.15 bits per heavy atom. The van der Waals surface area contributed by atoms with E-state index in [-0.39, 0.29) is 12.5 Å². The molecule has 0 aromatic rings. The topological polar surface area (TPSA) is 72.5 Å². The van der Waals surface area contributed by atoms with Crippen LogP contribution in [0.5, 0.6) is 0 Å². The zero-order valence-electron chi connectivity index (χ0n) is 7.95. The van der Waals surface area contributed by atoms with Gasteiger partial charge in [-0.25, -0.2) is 0 Å². The number of carbonyl (C=O) groups is 1. The minimum absolute atomic E-state index is 0.0740. The molecule has 1 fully saturated rings. The highest BCUT2D eigenvalue weighted by molar-refractivity contribution is 5.79. The van der Waals surface area contributed by atoms with Crippen molar-refractivity contribution in [3.05, 3.63) is 0 Å². The Kier molecular flexibility index (Phi) is 3.27. The van der Waals surface area contributed by atoms with Gasteiger partial charge in [-0.3, -0.25) is 4.79 Å². The second kappa shape index (κ2) is 4.07. The molecule has 0 aromatic heterocycles. The number of carboxylic acids is 1. The fourth-order valence-electron chi connectivity index (χ4n) is 2.03. The van der Waals surface area contributed by atoms with Crippen LogP contribution in [-0.4, -0.2) is 30.3 Å². The van der Waals surface area contributed by atoms with Gasteiger partial charge in [-0.1, -0.05) is 12.8 Å². The maximum atomic E-state index is 11.0. The molecule has 1 aliphatic carbocycles. The van der Waals surface area contributed by atoms with Crippen molar-refractivity contribution < 1.29 is 14.6 Å². The minimum Gasteiger partial charge on any atom is -0.480 e. The smallest absolute Gasteiger partial charge is 0.326 e. The number of rotatable bonds is 4. The third-order valence-corrected chi connectivity index (χ3v) is 2.87. The molecule has 0 aromatic carbocycles. The fraction of sp³-hybridized carbons (Fsp3) is 0.889. The SMILES string of the molecule is COCC(N)(C(=O)O)C1CCCC1. The van der Waals surface area contributed by atoms with E-state index in [0.29, 0.717) is 0 Å². The van der Waals surface area contributed by atoms with E-state index < -0.39 is 11.5 Å². The Balaban J connectivity index is 2.69. The van der Waals surface area contributed by atoms with E-state index in [1.807, 2.05) is 0 Å². The van der Waals surface area contributed by atoms with Crippen LogP contribution in [-0.2, 0) is 9.53 Å². The zero-order chi connectivity index (χ0) is 9.90. The number of carboxylic acid groups (broad SMARTS) is 1. The number of methoxy groups -OCH3 is 1. The average Bonchev–Trinajstić information content (AvgIpc) is 2.56. The summed E-state index contributed by atoms with van der Waals surface area (Å²) >= 11 is 0. The van der Waals surface area contributed by atoms with Gasteiger partial charge in [0, 0.05) is 7.11 Å². The first kappa shape index (κ1) is 10.5. The van der Waals surface area contributed by atoms with Gasteiger partial charge in [-0.15, -0.1) is 0 Å². The van der Waals surface area contributed by atoms with Gasteiger partial charge >= 0.3 is 5.97 Å². The van der Waals surface area contributed by atoms with Gasteiger partial charge < -0.3 is 15.6 Å². The van der Waals surface area contributed by atoms with Crippen LogP contribution in [0.4, 0.5) is 0 Å². The van der Waals surface area contributed by atoms with Crippen molar-refractivity contribution in [2.75, 3.05) is 13.7 Å². The Morgan fingerprint density at radius 1 is 1.62 bits per heavy atom. The van der Waals surface area contributed by atoms with Crippen molar-refractivity contribution in [2.45, 2.75) is 31.2 Å². The first-order valence-corrected chi connectivity index (χ1v) is 4.62. The standard InChI is InChI=1S/C9H17NO3/c1-13-6-9(10,8(11)12)7-4-2-3-5-7/h7H,2-6,10H2,1H3,(H,11,12). The first-order chi connectivity index (χ1) is 6.11. The van der Waals surface area contributed by atoms with Crippen molar-refractivity contribution in [1.29, 1.82) is 0 Å². The van der Waals surface area contributed by atoms with Crippen LogP contribution in [0.25, 0.3) is 0 Å². The fourth-order valence-corrected chi connectivity index (χ4v) is 2.03. The lowest BCUT2D eigenvalue weighted by atomic mass is 9.84. The van der Waals surface area contributed by atoms with Gasteiger partial charge in [-0.05, 0) is 18.8 Å². The average molecular weight is 187 g/mol. The molecule has 0 radical (unpaired) electrons. The minimum atomic E-state index is -1.18. The molecule has 13 heavy (non-hydrogen) atoms. The molecule has 0 aliphatic heterocycles.